The molecule has 4 aromatic rings. The first-order chi connectivity index (χ1) is 22.9. The summed E-state index contributed by atoms with van der Waals surface area (Å²) in [4.78, 5) is 30.3. The molecule has 246 valence electrons. The molecule has 0 spiro atoms. The number of amides is 1. The molecule has 47 heavy (non-hydrogen) atoms. The molecule has 3 heterocycles. The summed E-state index contributed by atoms with van der Waals surface area (Å²) in [7, 11) is 3.14. The molecule has 2 aliphatic rings. The Morgan fingerprint density at radius 2 is 1.47 bits per heavy atom. The van der Waals surface area contributed by atoms with Gasteiger partial charge in [0, 0.05) is 47.3 Å². The van der Waals surface area contributed by atoms with E-state index in [9.17, 15) is 9.90 Å². The second kappa shape index (κ2) is 14.9. The smallest absolute Gasteiger partial charge is 0.237 e. The van der Waals surface area contributed by atoms with Gasteiger partial charge in [0.1, 0.15) is 11.4 Å². The molecule has 0 bridgehead atoms. The number of halogens is 2. The number of nitrogens with zero attached hydrogens (tertiary/aromatic N) is 4. The molecule has 0 unspecified atom stereocenters. The normalized spacial score (nSPS) is 19.2. The SMILES string of the molecule is COc1nc(-c2cccc(-c3cccc(-c4cnc(CN[C@@H]5CCC[C@@H]5O)c(OC)n4)c3Cl)c2Cl)cnc1CCC[C@@H]1CCC(=O)N1. The van der Waals surface area contributed by atoms with Crippen molar-refractivity contribution in [2.75, 3.05) is 14.2 Å². The van der Waals surface area contributed by atoms with Crippen LogP contribution in [-0.2, 0) is 17.8 Å². The Labute approximate surface area is 284 Å². The fraction of sp³-hybridized carbons (Fsp3) is 0.400. The topological polar surface area (TPSA) is 131 Å². The first-order valence-electron chi connectivity index (χ1n) is 15.9. The molecule has 2 aromatic carbocycles. The quantitative estimate of drug-likeness (QED) is 0.161. The summed E-state index contributed by atoms with van der Waals surface area (Å²) in [6.07, 6.45) is 9.68. The van der Waals surface area contributed by atoms with E-state index in [0.29, 0.717) is 69.4 Å². The average Bonchev–Trinajstić information content (AvgIpc) is 3.70. The fourth-order valence-corrected chi connectivity index (χ4v) is 7.01. The highest BCUT2D eigenvalue weighted by Gasteiger charge is 2.26. The molecule has 3 atom stereocenters. The summed E-state index contributed by atoms with van der Waals surface area (Å²) >= 11 is 14.1. The number of hydrogen-bond acceptors (Lipinski definition) is 9. The Morgan fingerprint density at radius 1 is 0.872 bits per heavy atom. The Balaban J connectivity index is 1.23. The van der Waals surface area contributed by atoms with Gasteiger partial charge >= 0.3 is 0 Å². The molecule has 3 N–H and O–H groups in total. The molecule has 12 heteroatoms. The summed E-state index contributed by atoms with van der Waals surface area (Å²) < 4.78 is 11.2. The molecule has 0 radical (unpaired) electrons. The number of aromatic nitrogens is 4. The third kappa shape index (κ3) is 7.36. The number of carbonyl (C=O) groups is 1. The monoisotopic (exact) mass is 676 g/mol. The van der Waals surface area contributed by atoms with Gasteiger partial charge in [0.2, 0.25) is 17.7 Å². The zero-order valence-electron chi connectivity index (χ0n) is 26.4. The molecule has 1 aliphatic heterocycles. The van der Waals surface area contributed by atoms with Crippen LogP contribution in [0, 0.1) is 0 Å². The minimum atomic E-state index is -0.350. The van der Waals surface area contributed by atoms with Gasteiger partial charge in [-0.2, -0.15) is 0 Å². The van der Waals surface area contributed by atoms with Gasteiger partial charge in [-0.25, -0.2) is 9.97 Å². The number of benzene rings is 2. The van der Waals surface area contributed by atoms with Crippen molar-refractivity contribution >= 4 is 29.1 Å². The lowest BCUT2D eigenvalue weighted by molar-refractivity contribution is -0.119. The highest BCUT2D eigenvalue weighted by molar-refractivity contribution is 6.39. The lowest BCUT2D eigenvalue weighted by Gasteiger charge is -2.17. The number of rotatable bonds is 12. The first-order valence-corrected chi connectivity index (χ1v) is 16.7. The number of nitrogens with one attached hydrogen (secondary N) is 2. The Morgan fingerprint density at radius 3 is 2.02 bits per heavy atom. The van der Waals surface area contributed by atoms with E-state index < -0.39 is 0 Å². The van der Waals surface area contributed by atoms with Gasteiger partial charge < -0.3 is 25.2 Å². The standard InChI is InChI=1S/C35H38Cl2N6O4/c1-46-34-26(13-3-7-20-15-16-31(45)41-20)39-17-27(42-34)23-10-4-8-21(32(23)36)22-9-5-11-24(33(22)37)28-18-40-29(35(43-28)47-2)19-38-25-12-6-14-30(25)44/h4-5,8-11,17-18,20,25,30,38,44H,3,6-7,12-16,19H2,1-2H3,(H,41,45)/t20-,25-,30+/m1/s1. The van der Waals surface area contributed by atoms with Crippen LogP contribution in [0.1, 0.15) is 56.3 Å². The molecule has 2 fully saturated rings. The number of carbonyl (C=O) groups excluding carboxylic acids is 1. The highest BCUT2D eigenvalue weighted by Crippen LogP contribution is 2.42. The molecule has 10 nitrogen and oxygen atoms in total. The van der Waals surface area contributed by atoms with Crippen LogP contribution in [0.25, 0.3) is 33.6 Å². The van der Waals surface area contributed by atoms with Crippen molar-refractivity contribution in [3.8, 4) is 45.4 Å². The summed E-state index contributed by atoms with van der Waals surface area (Å²) in [6.45, 7) is 0.434. The van der Waals surface area contributed by atoms with Crippen LogP contribution in [0.5, 0.6) is 11.8 Å². The molecule has 1 aliphatic carbocycles. The molecule has 6 rings (SSSR count). The van der Waals surface area contributed by atoms with Gasteiger partial charge in [-0.3, -0.25) is 14.8 Å². The maximum Gasteiger partial charge on any atom is 0.237 e. The van der Waals surface area contributed by atoms with Crippen LogP contribution >= 0.6 is 23.2 Å². The number of ether oxygens (including phenoxy) is 2. The summed E-state index contributed by atoms with van der Waals surface area (Å²) in [6, 6.07) is 11.7. The van der Waals surface area contributed by atoms with Gasteiger partial charge in [0.15, 0.2) is 0 Å². The summed E-state index contributed by atoms with van der Waals surface area (Å²) in [5, 5.41) is 17.5. The van der Waals surface area contributed by atoms with E-state index in [-0.39, 0.29) is 24.1 Å². The van der Waals surface area contributed by atoms with Crippen molar-refractivity contribution in [1.82, 2.24) is 30.6 Å². The van der Waals surface area contributed by atoms with Crippen molar-refractivity contribution in [2.24, 2.45) is 0 Å². The van der Waals surface area contributed by atoms with Crippen molar-refractivity contribution in [2.45, 2.75) is 76.1 Å². The minimum Gasteiger partial charge on any atom is -0.480 e. The Bertz CT molecular complexity index is 1760. The molecular formula is C35H38Cl2N6O4. The number of hydrogen-bond donors (Lipinski definition) is 3. The predicted molar refractivity (Wildman–Crippen MR) is 182 cm³/mol. The largest absolute Gasteiger partial charge is 0.480 e. The van der Waals surface area contributed by atoms with Crippen molar-refractivity contribution in [3.63, 3.8) is 0 Å². The van der Waals surface area contributed by atoms with Gasteiger partial charge in [-0.1, -0.05) is 59.6 Å². The lowest BCUT2D eigenvalue weighted by atomic mass is 9.98. The van der Waals surface area contributed by atoms with Gasteiger partial charge in [-0.15, -0.1) is 0 Å². The fourth-order valence-electron chi connectivity index (χ4n) is 6.37. The Kier molecular flexibility index (Phi) is 10.5. The number of methoxy groups -OCH3 is 2. The van der Waals surface area contributed by atoms with Gasteiger partial charge in [0.25, 0.3) is 0 Å². The minimum absolute atomic E-state index is 0.0379. The maximum atomic E-state index is 11.5. The van der Waals surface area contributed by atoms with Crippen molar-refractivity contribution in [3.05, 3.63) is 70.2 Å². The molecule has 1 amide bonds. The van der Waals surface area contributed by atoms with E-state index in [2.05, 4.69) is 20.6 Å². The molecule has 1 saturated carbocycles. The highest BCUT2D eigenvalue weighted by atomic mass is 35.5. The molecule has 1 saturated heterocycles. The van der Waals surface area contributed by atoms with Gasteiger partial charge in [-0.05, 0) is 44.9 Å². The van der Waals surface area contributed by atoms with Crippen LogP contribution in [0.4, 0.5) is 0 Å². The van der Waals surface area contributed by atoms with Crippen molar-refractivity contribution < 1.29 is 19.4 Å². The molecule has 2 aromatic heterocycles. The van der Waals surface area contributed by atoms with Crippen molar-refractivity contribution in [1.29, 1.82) is 0 Å². The van der Waals surface area contributed by atoms with Crippen LogP contribution in [0.3, 0.4) is 0 Å². The van der Waals surface area contributed by atoms with E-state index in [0.717, 1.165) is 55.3 Å². The maximum absolute atomic E-state index is 11.5. The third-order valence-electron chi connectivity index (χ3n) is 8.91. The predicted octanol–water partition coefficient (Wildman–Crippen LogP) is 6.20. The average molecular weight is 678 g/mol. The van der Waals surface area contributed by atoms with E-state index in [1.54, 1.807) is 26.6 Å². The Hall–Kier alpha value is -3.83. The zero-order chi connectivity index (χ0) is 32.9. The number of aliphatic hydroxyl groups excluding tert-OH is 1. The van der Waals surface area contributed by atoms with E-state index >= 15 is 0 Å². The zero-order valence-corrected chi connectivity index (χ0v) is 27.9. The summed E-state index contributed by atoms with van der Waals surface area (Å²) in [5.74, 6) is 0.965. The number of aliphatic hydroxyl groups is 1. The summed E-state index contributed by atoms with van der Waals surface area (Å²) in [5.41, 5.74) is 5.40. The van der Waals surface area contributed by atoms with Crippen LogP contribution in [0.2, 0.25) is 10.0 Å². The number of aryl methyl sites for hydroxylation is 1. The van der Waals surface area contributed by atoms with E-state index in [1.165, 1.54) is 0 Å². The second-order valence-corrected chi connectivity index (χ2v) is 12.7. The van der Waals surface area contributed by atoms with E-state index in [1.807, 2.05) is 36.4 Å². The van der Waals surface area contributed by atoms with Crippen LogP contribution in [-0.4, -0.2) is 63.4 Å². The second-order valence-electron chi connectivity index (χ2n) is 11.9. The van der Waals surface area contributed by atoms with Crippen LogP contribution < -0.4 is 20.1 Å². The van der Waals surface area contributed by atoms with E-state index in [4.69, 9.17) is 42.6 Å². The van der Waals surface area contributed by atoms with Gasteiger partial charge in [0.05, 0.1) is 54.2 Å². The molecular weight excluding hydrogens is 639 g/mol. The lowest BCUT2D eigenvalue weighted by Crippen LogP contribution is -2.35. The first kappa shape index (κ1) is 33.1. The third-order valence-corrected chi connectivity index (χ3v) is 9.73. The van der Waals surface area contributed by atoms with Crippen LogP contribution in [0.15, 0.2) is 48.8 Å².